The second-order valence-corrected chi connectivity index (χ2v) is 7.47. The largest absolute Gasteiger partial charge is 0.505 e. The summed E-state index contributed by atoms with van der Waals surface area (Å²) in [6.07, 6.45) is 0. The van der Waals surface area contributed by atoms with Crippen LogP contribution >= 0.6 is 0 Å². The summed E-state index contributed by atoms with van der Waals surface area (Å²) in [5, 5.41) is 32.7. The zero-order valence-electron chi connectivity index (χ0n) is 18.2. The number of nitrogens with two attached hydrogens (primary N) is 1. The highest BCUT2D eigenvalue weighted by molar-refractivity contribution is 6.05. The molecule has 0 atom stereocenters. The molecule has 0 fully saturated rings. The minimum absolute atomic E-state index is 0.0274. The van der Waals surface area contributed by atoms with Gasteiger partial charge in [-0.15, -0.1) is 10.2 Å². The fourth-order valence-electron chi connectivity index (χ4n) is 3.41. The molecular weight excluding hydrogens is 400 g/mol. The number of fused-ring (bicyclic) bond motifs is 1. The van der Waals surface area contributed by atoms with E-state index in [0.717, 1.165) is 22.2 Å². The van der Waals surface area contributed by atoms with Crippen molar-refractivity contribution in [2.24, 2.45) is 20.5 Å². The number of nitrogens with zero attached hydrogens (tertiary/aromatic N) is 4. The van der Waals surface area contributed by atoms with Crippen LogP contribution in [0.3, 0.4) is 0 Å². The van der Waals surface area contributed by atoms with Gasteiger partial charge in [0.2, 0.25) is 0 Å². The summed E-state index contributed by atoms with van der Waals surface area (Å²) in [7, 11) is 1.85. The normalized spacial score (nSPS) is 11.6. The molecule has 0 saturated heterocycles. The van der Waals surface area contributed by atoms with Crippen LogP contribution in [-0.4, -0.2) is 12.2 Å². The van der Waals surface area contributed by atoms with Gasteiger partial charge < -0.3 is 16.2 Å². The second-order valence-electron chi connectivity index (χ2n) is 7.47. The van der Waals surface area contributed by atoms with Crippen molar-refractivity contribution in [3.63, 3.8) is 0 Å². The first-order valence-electron chi connectivity index (χ1n) is 10.2. The van der Waals surface area contributed by atoms with E-state index in [4.69, 9.17) is 5.73 Å². The van der Waals surface area contributed by atoms with Crippen LogP contribution in [0.1, 0.15) is 11.1 Å². The molecule has 0 heterocycles. The number of benzene rings is 4. The van der Waals surface area contributed by atoms with Crippen molar-refractivity contribution in [1.82, 2.24) is 0 Å². The van der Waals surface area contributed by atoms with Crippen LogP contribution in [0.15, 0.2) is 87.2 Å². The van der Waals surface area contributed by atoms with Crippen molar-refractivity contribution in [1.29, 1.82) is 0 Å². The number of hydrogen-bond donors (Lipinski definition) is 3. The Morgan fingerprint density at radius 1 is 0.781 bits per heavy atom. The first-order chi connectivity index (χ1) is 15.5. The quantitative estimate of drug-likeness (QED) is 0.226. The lowest BCUT2D eigenvalue weighted by atomic mass is 10.0. The Bertz CT molecular complexity index is 1350. The molecule has 0 aliphatic heterocycles. The molecule has 4 aromatic carbocycles. The van der Waals surface area contributed by atoms with Gasteiger partial charge in [0.05, 0.1) is 22.4 Å². The summed E-state index contributed by atoms with van der Waals surface area (Å²) in [6.45, 7) is 3.84. The van der Waals surface area contributed by atoms with Gasteiger partial charge in [0.15, 0.2) is 5.75 Å². The van der Waals surface area contributed by atoms with E-state index in [-0.39, 0.29) is 5.75 Å². The molecule has 0 radical (unpaired) electrons. The number of azo groups is 2. The summed E-state index contributed by atoms with van der Waals surface area (Å²) >= 11 is 0. The van der Waals surface area contributed by atoms with E-state index in [1.165, 1.54) is 0 Å². The Labute approximate surface area is 186 Å². The van der Waals surface area contributed by atoms with Gasteiger partial charge in [0, 0.05) is 12.7 Å². The lowest BCUT2D eigenvalue weighted by molar-refractivity contribution is 0.482. The first kappa shape index (κ1) is 21.0. The average molecular weight is 425 g/mol. The molecular formula is C25H24N6O. The highest BCUT2D eigenvalue weighted by atomic mass is 16.3. The summed E-state index contributed by atoms with van der Waals surface area (Å²) in [5.41, 5.74) is 11.7. The van der Waals surface area contributed by atoms with Gasteiger partial charge in [0.1, 0.15) is 11.4 Å². The van der Waals surface area contributed by atoms with Crippen LogP contribution in [0, 0.1) is 13.8 Å². The van der Waals surface area contributed by atoms with Crippen LogP contribution in [0.25, 0.3) is 10.8 Å². The van der Waals surface area contributed by atoms with Gasteiger partial charge in [0.25, 0.3) is 0 Å². The van der Waals surface area contributed by atoms with Crippen LogP contribution in [0.2, 0.25) is 0 Å². The minimum atomic E-state index is -0.0274. The highest BCUT2D eigenvalue weighted by Crippen LogP contribution is 2.44. The van der Waals surface area contributed by atoms with Gasteiger partial charge in [-0.3, -0.25) is 0 Å². The van der Waals surface area contributed by atoms with Crippen LogP contribution in [0.5, 0.6) is 5.75 Å². The molecule has 32 heavy (non-hydrogen) atoms. The molecule has 160 valence electrons. The smallest absolute Gasteiger partial charge is 0.153 e. The number of hydrogen-bond acceptors (Lipinski definition) is 7. The van der Waals surface area contributed by atoms with Gasteiger partial charge in [-0.2, -0.15) is 10.2 Å². The zero-order chi connectivity index (χ0) is 22.7. The third-order valence-electron chi connectivity index (χ3n) is 5.25. The van der Waals surface area contributed by atoms with E-state index in [1.807, 2.05) is 81.6 Å². The molecule has 0 spiro atoms. The molecule has 0 unspecified atom stereocenters. The lowest BCUT2D eigenvalue weighted by Crippen LogP contribution is -1.90. The van der Waals surface area contributed by atoms with Crippen molar-refractivity contribution in [3.05, 3.63) is 77.9 Å². The molecule has 0 amide bonds. The maximum atomic E-state index is 11.1. The van der Waals surface area contributed by atoms with Crippen molar-refractivity contribution >= 4 is 44.9 Å². The van der Waals surface area contributed by atoms with E-state index in [0.29, 0.717) is 33.8 Å². The second kappa shape index (κ2) is 8.85. The monoisotopic (exact) mass is 424 g/mol. The van der Waals surface area contributed by atoms with E-state index in [9.17, 15) is 5.11 Å². The standard InChI is InChI=1S/C25H24N6O/c1-15-9-11-19(27-3)14-21(15)30-31-24-16(2)13-17-10-12-20(23(26)22(17)25(24)32)29-28-18-7-5-4-6-8-18/h4-14,27,32H,26H2,1-3H3. The number of phenolic OH excluding ortho intramolecular Hbond substituents is 1. The Morgan fingerprint density at radius 3 is 2.28 bits per heavy atom. The van der Waals surface area contributed by atoms with Crippen LogP contribution < -0.4 is 11.1 Å². The van der Waals surface area contributed by atoms with Gasteiger partial charge in [-0.1, -0.05) is 30.3 Å². The summed E-state index contributed by atoms with van der Waals surface area (Å²) in [6, 6.07) is 20.8. The molecule has 0 aliphatic carbocycles. The SMILES string of the molecule is CNc1ccc(C)c(N=Nc2c(C)cc3ccc(N=Nc4ccccc4)c(N)c3c2O)c1. The predicted molar refractivity (Wildman–Crippen MR) is 130 cm³/mol. The molecule has 4 rings (SSSR count). The van der Waals surface area contributed by atoms with Gasteiger partial charge in [-0.25, -0.2) is 0 Å². The molecule has 7 heteroatoms. The number of nitrogen functional groups attached to an aromatic ring is 1. The maximum absolute atomic E-state index is 11.1. The van der Waals surface area contributed by atoms with Gasteiger partial charge >= 0.3 is 0 Å². The molecule has 0 bridgehead atoms. The minimum Gasteiger partial charge on any atom is -0.505 e. The molecule has 0 aliphatic rings. The number of nitrogens with one attached hydrogen (secondary N) is 1. The Kier molecular flexibility index (Phi) is 5.81. The molecule has 4 aromatic rings. The van der Waals surface area contributed by atoms with E-state index in [2.05, 4.69) is 25.8 Å². The van der Waals surface area contributed by atoms with Crippen molar-refractivity contribution < 1.29 is 5.11 Å². The number of anilines is 2. The topological polar surface area (TPSA) is 108 Å². The molecule has 0 aromatic heterocycles. The average Bonchev–Trinajstić information content (AvgIpc) is 2.80. The van der Waals surface area contributed by atoms with E-state index < -0.39 is 0 Å². The van der Waals surface area contributed by atoms with Crippen molar-refractivity contribution in [2.45, 2.75) is 13.8 Å². The number of aryl methyl sites for hydroxylation is 2. The molecule has 7 nitrogen and oxygen atoms in total. The fourth-order valence-corrected chi connectivity index (χ4v) is 3.41. The number of phenols is 1. The summed E-state index contributed by atoms with van der Waals surface area (Å²) < 4.78 is 0. The third kappa shape index (κ3) is 4.13. The number of rotatable bonds is 5. The molecule has 4 N–H and O–H groups in total. The van der Waals surface area contributed by atoms with Crippen molar-refractivity contribution in [2.75, 3.05) is 18.1 Å². The van der Waals surface area contributed by atoms with E-state index >= 15 is 0 Å². The third-order valence-corrected chi connectivity index (χ3v) is 5.25. The van der Waals surface area contributed by atoms with Gasteiger partial charge in [-0.05, 0) is 66.8 Å². The Morgan fingerprint density at radius 2 is 1.53 bits per heavy atom. The predicted octanol–water partition coefficient (Wildman–Crippen LogP) is 7.62. The highest BCUT2D eigenvalue weighted by Gasteiger charge is 2.15. The van der Waals surface area contributed by atoms with Crippen molar-refractivity contribution in [3.8, 4) is 5.75 Å². The summed E-state index contributed by atoms with van der Waals surface area (Å²) in [5.74, 6) is -0.0274. The Hall–Kier alpha value is -4.26. The molecule has 0 saturated carbocycles. The first-order valence-corrected chi connectivity index (χ1v) is 10.2. The van der Waals surface area contributed by atoms with Crippen LogP contribution in [0.4, 0.5) is 34.1 Å². The summed E-state index contributed by atoms with van der Waals surface area (Å²) in [4.78, 5) is 0. The lowest BCUT2D eigenvalue weighted by Gasteiger charge is -2.11. The van der Waals surface area contributed by atoms with E-state index in [1.54, 1.807) is 6.07 Å². The number of aromatic hydroxyl groups is 1. The van der Waals surface area contributed by atoms with Crippen LogP contribution in [-0.2, 0) is 0 Å². The fraction of sp³-hybridized carbons (Fsp3) is 0.120. The zero-order valence-corrected chi connectivity index (χ0v) is 18.2. The maximum Gasteiger partial charge on any atom is 0.153 e. The Balaban J connectivity index is 1.78.